The van der Waals surface area contributed by atoms with Gasteiger partial charge in [0, 0.05) is 25.2 Å². The zero-order valence-corrected chi connectivity index (χ0v) is 7.51. The van der Waals surface area contributed by atoms with Crippen LogP contribution in [-0.2, 0) is 0 Å². The van der Waals surface area contributed by atoms with Crippen molar-refractivity contribution in [2.45, 2.75) is 25.8 Å². The first kappa shape index (κ1) is 7.56. The fraction of sp³-hybridized carbons (Fsp3) is 1.00. The van der Waals surface area contributed by atoms with E-state index in [0.717, 1.165) is 18.4 Å². The van der Waals surface area contributed by atoms with E-state index in [-0.39, 0.29) is 5.54 Å². The minimum absolute atomic E-state index is 0.00319. The molecule has 0 aromatic carbocycles. The van der Waals surface area contributed by atoms with Crippen LogP contribution in [-0.4, -0.2) is 30.1 Å². The monoisotopic (exact) mass is 154 g/mol. The number of likely N-dealkylation sites (tertiary alicyclic amines) is 1. The lowest BCUT2D eigenvalue weighted by molar-refractivity contribution is 0.248. The molecule has 1 aliphatic carbocycles. The Labute approximate surface area is 68.7 Å². The molecule has 0 bridgehead atoms. The molecule has 2 unspecified atom stereocenters. The van der Waals surface area contributed by atoms with Gasteiger partial charge in [0.15, 0.2) is 0 Å². The van der Waals surface area contributed by atoms with E-state index in [1.807, 2.05) is 0 Å². The molecule has 2 rings (SSSR count). The van der Waals surface area contributed by atoms with Gasteiger partial charge in [-0.3, -0.25) is 0 Å². The van der Waals surface area contributed by atoms with E-state index < -0.39 is 0 Å². The van der Waals surface area contributed by atoms with Crippen LogP contribution in [0.5, 0.6) is 0 Å². The Morgan fingerprint density at radius 3 is 2.36 bits per heavy atom. The van der Waals surface area contributed by atoms with Crippen molar-refractivity contribution in [1.82, 2.24) is 4.90 Å². The molecule has 2 fully saturated rings. The Morgan fingerprint density at radius 2 is 1.91 bits per heavy atom. The number of hydrogen-bond acceptors (Lipinski definition) is 2. The number of nitrogens with zero attached hydrogens (tertiary/aromatic N) is 1. The SMILES string of the molecule is CC(C)(N)CN1CC2CC2C1. The molecule has 2 N–H and O–H groups in total. The summed E-state index contributed by atoms with van der Waals surface area (Å²) in [5.74, 6) is 2.08. The molecule has 2 aliphatic rings. The Hall–Kier alpha value is -0.0800. The van der Waals surface area contributed by atoms with Gasteiger partial charge in [-0.2, -0.15) is 0 Å². The second-order valence-corrected chi connectivity index (χ2v) is 4.94. The van der Waals surface area contributed by atoms with Gasteiger partial charge in [-0.05, 0) is 32.1 Å². The van der Waals surface area contributed by atoms with Crippen LogP contribution >= 0.6 is 0 Å². The van der Waals surface area contributed by atoms with Gasteiger partial charge in [0.05, 0.1) is 0 Å². The van der Waals surface area contributed by atoms with E-state index in [1.165, 1.54) is 19.5 Å². The van der Waals surface area contributed by atoms with Crippen LogP contribution in [0.3, 0.4) is 0 Å². The van der Waals surface area contributed by atoms with E-state index in [4.69, 9.17) is 5.73 Å². The van der Waals surface area contributed by atoms with E-state index in [9.17, 15) is 0 Å². The third-order valence-electron chi connectivity index (χ3n) is 2.69. The first-order valence-electron chi connectivity index (χ1n) is 4.56. The summed E-state index contributed by atoms with van der Waals surface area (Å²) in [6.45, 7) is 7.91. The van der Waals surface area contributed by atoms with Crippen molar-refractivity contribution in [3.8, 4) is 0 Å². The average molecular weight is 154 g/mol. The summed E-state index contributed by atoms with van der Waals surface area (Å²) in [5.41, 5.74) is 5.93. The molecule has 0 aromatic rings. The molecule has 0 amide bonds. The molecule has 0 aromatic heterocycles. The summed E-state index contributed by atoms with van der Waals surface area (Å²) >= 11 is 0. The second-order valence-electron chi connectivity index (χ2n) is 4.94. The molecular formula is C9H18N2. The van der Waals surface area contributed by atoms with Crippen molar-refractivity contribution in [3.63, 3.8) is 0 Å². The van der Waals surface area contributed by atoms with Crippen LogP contribution in [0.2, 0.25) is 0 Å². The smallest absolute Gasteiger partial charge is 0.0226 e. The quantitative estimate of drug-likeness (QED) is 0.633. The van der Waals surface area contributed by atoms with Crippen molar-refractivity contribution >= 4 is 0 Å². The van der Waals surface area contributed by atoms with Gasteiger partial charge < -0.3 is 10.6 Å². The Balaban J connectivity index is 1.80. The maximum absolute atomic E-state index is 5.93. The molecule has 2 atom stereocenters. The highest BCUT2D eigenvalue weighted by Gasteiger charge is 2.45. The Morgan fingerprint density at radius 1 is 1.36 bits per heavy atom. The molecule has 2 nitrogen and oxygen atoms in total. The third-order valence-corrected chi connectivity index (χ3v) is 2.69. The van der Waals surface area contributed by atoms with Gasteiger partial charge in [0.1, 0.15) is 0 Å². The van der Waals surface area contributed by atoms with Crippen LogP contribution in [0.15, 0.2) is 0 Å². The van der Waals surface area contributed by atoms with E-state index >= 15 is 0 Å². The lowest BCUT2D eigenvalue weighted by Crippen LogP contribution is -2.45. The molecule has 11 heavy (non-hydrogen) atoms. The summed E-state index contributed by atoms with van der Waals surface area (Å²) in [5, 5.41) is 0. The van der Waals surface area contributed by atoms with Gasteiger partial charge in [-0.15, -0.1) is 0 Å². The topological polar surface area (TPSA) is 29.3 Å². The molecule has 1 saturated carbocycles. The molecule has 64 valence electrons. The largest absolute Gasteiger partial charge is 0.324 e. The maximum Gasteiger partial charge on any atom is 0.0226 e. The number of piperidine rings is 1. The predicted octanol–water partition coefficient (Wildman–Crippen LogP) is 0.675. The minimum Gasteiger partial charge on any atom is -0.324 e. The zero-order chi connectivity index (χ0) is 8.06. The normalized spacial score (nSPS) is 37.4. The molecule has 0 spiro atoms. The highest BCUT2D eigenvalue weighted by atomic mass is 15.2. The highest BCUT2D eigenvalue weighted by molar-refractivity contribution is 4.98. The van der Waals surface area contributed by atoms with E-state index in [2.05, 4.69) is 18.7 Å². The highest BCUT2D eigenvalue weighted by Crippen LogP contribution is 2.44. The molecule has 0 radical (unpaired) electrons. The van der Waals surface area contributed by atoms with Gasteiger partial charge in [-0.25, -0.2) is 0 Å². The van der Waals surface area contributed by atoms with Crippen molar-refractivity contribution in [1.29, 1.82) is 0 Å². The number of hydrogen-bond donors (Lipinski definition) is 1. The standard InChI is InChI=1S/C9H18N2/c1-9(2,10)6-11-4-7-3-8(7)5-11/h7-8H,3-6,10H2,1-2H3. The lowest BCUT2D eigenvalue weighted by atomic mass is 10.1. The second kappa shape index (κ2) is 2.20. The third kappa shape index (κ3) is 1.74. The van der Waals surface area contributed by atoms with Crippen LogP contribution in [0.4, 0.5) is 0 Å². The molecule has 1 aliphatic heterocycles. The number of fused-ring (bicyclic) bond motifs is 1. The number of rotatable bonds is 2. The fourth-order valence-electron chi connectivity index (χ4n) is 2.20. The van der Waals surface area contributed by atoms with E-state index in [1.54, 1.807) is 0 Å². The maximum atomic E-state index is 5.93. The van der Waals surface area contributed by atoms with Crippen LogP contribution in [0.1, 0.15) is 20.3 Å². The van der Waals surface area contributed by atoms with Gasteiger partial charge in [0.25, 0.3) is 0 Å². The first-order valence-corrected chi connectivity index (χ1v) is 4.56. The predicted molar refractivity (Wildman–Crippen MR) is 46.3 cm³/mol. The van der Waals surface area contributed by atoms with Gasteiger partial charge in [0.2, 0.25) is 0 Å². The summed E-state index contributed by atoms with van der Waals surface area (Å²) in [4.78, 5) is 2.51. The molecule has 1 heterocycles. The van der Waals surface area contributed by atoms with Crippen molar-refractivity contribution in [2.75, 3.05) is 19.6 Å². The minimum atomic E-state index is -0.00319. The van der Waals surface area contributed by atoms with Crippen LogP contribution < -0.4 is 5.73 Å². The van der Waals surface area contributed by atoms with Crippen molar-refractivity contribution in [2.24, 2.45) is 17.6 Å². The first-order chi connectivity index (χ1) is 5.04. The molecule has 2 heteroatoms. The van der Waals surface area contributed by atoms with Crippen LogP contribution in [0, 0.1) is 11.8 Å². The Bertz CT molecular complexity index is 149. The van der Waals surface area contributed by atoms with Gasteiger partial charge in [-0.1, -0.05) is 0 Å². The zero-order valence-electron chi connectivity index (χ0n) is 7.51. The lowest BCUT2D eigenvalue weighted by Gasteiger charge is -2.27. The Kier molecular flexibility index (Phi) is 1.52. The summed E-state index contributed by atoms with van der Waals surface area (Å²) in [7, 11) is 0. The summed E-state index contributed by atoms with van der Waals surface area (Å²) in [6.07, 6.45) is 1.49. The van der Waals surface area contributed by atoms with Crippen molar-refractivity contribution in [3.05, 3.63) is 0 Å². The van der Waals surface area contributed by atoms with E-state index in [0.29, 0.717) is 0 Å². The summed E-state index contributed by atoms with van der Waals surface area (Å²) < 4.78 is 0. The molecular weight excluding hydrogens is 136 g/mol. The summed E-state index contributed by atoms with van der Waals surface area (Å²) in [6, 6.07) is 0. The number of nitrogens with two attached hydrogens (primary N) is 1. The van der Waals surface area contributed by atoms with Crippen molar-refractivity contribution < 1.29 is 0 Å². The fourth-order valence-corrected chi connectivity index (χ4v) is 2.20. The van der Waals surface area contributed by atoms with Gasteiger partial charge >= 0.3 is 0 Å². The average Bonchev–Trinajstić information content (AvgIpc) is 2.36. The molecule has 1 saturated heterocycles. The van der Waals surface area contributed by atoms with Crippen LogP contribution in [0.25, 0.3) is 0 Å².